The Morgan fingerprint density at radius 3 is 2.75 bits per heavy atom. The van der Waals surface area contributed by atoms with Crippen LogP contribution in [-0.4, -0.2) is 50.8 Å². The van der Waals surface area contributed by atoms with E-state index in [1.165, 1.54) is 32.3 Å². The number of anilines is 2. The summed E-state index contributed by atoms with van der Waals surface area (Å²) < 4.78 is 36.5. The highest BCUT2D eigenvalue weighted by atomic mass is 19.3. The maximum atomic E-state index is 13.6. The molecule has 2 aliphatic rings. The number of carbonyl (C=O) groups is 3. The minimum atomic E-state index is -3.99. The van der Waals surface area contributed by atoms with Gasteiger partial charge in [0.15, 0.2) is 11.9 Å². The molecule has 1 aromatic carbocycles. The highest BCUT2D eigenvalue weighted by molar-refractivity contribution is 6.01. The summed E-state index contributed by atoms with van der Waals surface area (Å²) in [4.78, 5) is 36.8. The van der Waals surface area contributed by atoms with Gasteiger partial charge in [0.2, 0.25) is 0 Å². The number of likely N-dealkylation sites (N-methyl/N-ethyl adjacent to an activating group) is 2. The monoisotopic (exact) mass is 341 g/mol. The topological polar surface area (TPSA) is 88.2 Å². The van der Waals surface area contributed by atoms with E-state index in [1.807, 2.05) is 0 Å². The lowest BCUT2D eigenvalue weighted by atomic mass is 10.2. The normalized spacial score (nSPS) is 21.9. The van der Waals surface area contributed by atoms with Crippen molar-refractivity contribution in [1.82, 2.24) is 5.32 Å². The van der Waals surface area contributed by atoms with Crippen molar-refractivity contribution < 1.29 is 32.6 Å². The second-order valence-corrected chi connectivity index (χ2v) is 5.23. The molecule has 8 nitrogen and oxygen atoms in total. The molecule has 24 heavy (non-hydrogen) atoms. The molecule has 128 valence electrons. The van der Waals surface area contributed by atoms with Gasteiger partial charge in [0.25, 0.3) is 5.91 Å². The minimum Gasteiger partial charge on any atom is -0.434 e. The van der Waals surface area contributed by atoms with Gasteiger partial charge >= 0.3 is 18.1 Å². The number of halogens is 2. The Morgan fingerprint density at radius 1 is 1.38 bits per heavy atom. The molecule has 2 heterocycles. The third kappa shape index (κ3) is 2.39. The molecule has 0 aromatic heterocycles. The molecule has 1 unspecified atom stereocenters. The molecule has 1 saturated heterocycles. The summed E-state index contributed by atoms with van der Waals surface area (Å²) in [5.74, 6) is -2.21. The van der Waals surface area contributed by atoms with Crippen LogP contribution in [0.25, 0.3) is 0 Å². The minimum absolute atomic E-state index is 0.0670. The van der Waals surface area contributed by atoms with E-state index in [0.29, 0.717) is 0 Å². The van der Waals surface area contributed by atoms with Gasteiger partial charge in [-0.2, -0.15) is 8.78 Å². The molecular formula is C14H13F2N3O5. The van der Waals surface area contributed by atoms with Crippen molar-refractivity contribution in [3.63, 3.8) is 0 Å². The molecule has 1 aromatic rings. The van der Waals surface area contributed by atoms with Gasteiger partial charge in [-0.25, -0.2) is 4.79 Å². The summed E-state index contributed by atoms with van der Waals surface area (Å²) in [5.41, 5.74) is 0.355. The molecule has 0 bridgehead atoms. The number of amides is 3. The van der Waals surface area contributed by atoms with Crippen molar-refractivity contribution in [3.05, 3.63) is 18.2 Å². The van der Waals surface area contributed by atoms with Crippen molar-refractivity contribution in [3.8, 4) is 5.75 Å². The zero-order valence-electron chi connectivity index (χ0n) is 12.7. The Labute approximate surface area is 134 Å². The predicted octanol–water partition coefficient (Wildman–Crippen LogP) is 0.706. The van der Waals surface area contributed by atoms with Gasteiger partial charge in [-0.3, -0.25) is 14.5 Å². The number of cyclic esters (lactones) is 1. The lowest BCUT2D eigenvalue weighted by Gasteiger charge is -2.31. The first kappa shape index (κ1) is 16.0. The van der Waals surface area contributed by atoms with Crippen LogP contribution in [0.15, 0.2) is 18.2 Å². The van der Waals surface area contributed by atoms with E-state index in [1.54, 1.807) is 0 Å². The van der Waals surface area contributed by atoms with Gasteiger partial charge in [0.05, 0.1) is 17.9 Å². The van der Waals surface area contributed by atoms with Crippen LogP contribution < -0.4 is 19.9 Å². The first-order valence-corrected chi connectivity index (χ1v) is 6.93. The van der Waals surface area contributed by atoms with Gasteiger partial charge in [0.1, 0.15) is 0 Å². The highest BCUT2D eigenvalue weighted by Crippen LogP contribution is 2.41. The molecule has 1 fully saturated rings. The third-order valence-corrected chi connectivity index (χ3v) is 3.76. The Bertz CT molecular complexity index is 739. The number of nitrogens with zero attached hydrogens (tertiary/aromatic N) is 2. The third-order valence-electron chi connectivity index (χ3n) is 3.76. The van der Waals surface area contributed by atoms with Crippen molar-refractivity contribution in [1.29, 1.82) is 0 Å². The highest BCUT2D eigenvalue weighted by Gasteiger charge is 2.49. The summed E-state index contributed by atoms with van der Waals surface area (Å²) >= 11 is 0. The zero-order valence-corrected chi connectivity index (χ0v) is 12.7. The number of ether oxygens (including phenoxy) is 2. The van der Waals surface area contributed by atoms with Gasteiger partial charge < -0.3 is 19.7 Å². The van der Waals surface area contributed by atoms with E-state index in [4.69, 9.17) is 4.74 Å². The van der Waals surface area contributed by atoms with Crippen LogP contribution in [0, 0.1) is 0 Å². The van der Waals surface area contributed by atoms with Gasteiger partial charge in [-0.1, -0.05) is 0 Å². The van der Waals surface area contributed by atoms with Crippen LogP contribution in [0.5, 0.6) is 5.75 Å². The van der Waals surface area contributed by atoms with Crippen molar-refractivity contribution >= 4 is 29.3 Å². The Hall–Kier alpha value is -2.91. The van der Waals surface area contributed by atoms with Crippen molar-refractivity contribution in [2.24, 2.45) is 0 Å². The average Bonchev–Trinajstić information content (AvgIpc) is 2.93. The maximum Gasteiger partial charge on any atom is 0.482 e. The van der Waals surface area contributed by atoms with E-state index in [-0.39, 0.29) is 23.7 Å². The van der Waals surface area contributed by atoms with Crippen LogP contribution in [-0.2, 0) is 14.3 Å². The van der Waals surface area contributed by atoms with Crippen molar-refractivity contribution in [2.75, 3.05) is 30.4 Å². The van der Waals surface area contributed by atoms with E-state index in [2.05, 4.69) is 10.1 Å². The smallest absolute Gasteiger partial charge is 0.434 e. The lowest BCUT2D eigenvalue weighted by molar-refractivity contribution is -0.192. The van der Waals surface area contributed by atoms with Crippen LogP contribution in [0.2, 0.25) is 0 Å². The molecule has 1 N–H and O–H groups in total. The molecule has 1 atom stereocenters. The van der Waals surface area contributed by atoms with Gasteiger partial charge in [-0.05, 0) is 12.1 Å². The second kappa shape index (κ2) is 5.32. The molecule has 2 aliphatic heterocycles. The number of hydrogen-bond acceptors (Lipinski definition) is 5. The Kier molecular flexibility index (Phi) is 3.54. The van der Waals surface area contributed by atoms with Crippen molar-refractivity contribution in [2.45, 2.75) is 12.2 Å². The molecule has 0 radical (unpaired) electrons. The number of benzene rings is 1. The first-order chi connectivity index (χ1) is 11.2. The number of nitrogens with one attached hydrogen (secondary N) is 1. The van der Waals surface area contributed by atoms with Gasteiger partial charge in [0, 0.05) is 20.2 Å². The van der Waals surface area contributed by atoms with Gasteiger partial charge in [-0.15, -0.1) is 0 Å². The summed E-state index contributed by atoms with van der Waals surface area (Å²) in [6, 6.07) is 4.01. The fourth-order valence-corrected chi connectivity index (χ4v) is 2.49. The lowest BCUT2D eigenvalue weighted by Crippen LogP contribution is -2.49. The van der Waals surface area contributed by atoms with E-state index in [9.17, 15) is 23.2 Å². The fraction of sp³-hybridized carbons (Fsp3) is 0.357. The first-order valence-electron chi connectivity index (χ1n) is 6.93. The number of hydrogen-bond donors (Lipinski definition) is 1. The van der Waals surface area contributed by atoms with E-state index < -0.39 is 30.1 Å². The Balaban J connectivity index is 1.91. The summed E-state index contributed by atoms with van der Waals surface area (Å²) in [5, 5.41) is 2.36. The molecule has 0 spiro atoms. The second-order valence-electron chi connectivity index (χ2n) is 5.23. The number of fused-ring (bicyclic) bond motifs is 1. The molecular weight excluding hydrogens is 328 g/mol. The largest absolute Gasteiger partial charge is 0.482 e. The van der Waals surface area contributed by atoms with E-state index >= 15 is 0 Å². The summed E-state index contributed by atoms with van der Waals surface area (Å²) in [7, 11) is 2.60. The maximum absolute atomic E-state index is 13.6. The quantitative estimate of drug-likeness (QED) is 0.856. The molecule has 3 amide bonds. The molecule has 10 heteroatoms. The van der Waals surface area contributed by atoms with Crippen LogP contribution in [0.4, 0.5) is 25.0 Å². The zero-order chi connectivity index (χ0) is 17.6. The molecule has 3 rings (SSSR count). The summed E-state index contributed by atoms with van der Waals surface area (Å²) in [6.45, 7) is -0.0670. The SMILES string of the molecule is CNC(=O)C1CN(c2ccc3c(c2)OC(F)(F)C(=O)N3C)C(=O)O1. The summed E-state index contributed by atoms with van der Waals surface area (Å²) in [6.07, 6.45) is -5.77. The average molecular weight is 341 g/mol. The number of rotatable bonds is 2. The van der Waals surface area contributed by atoms with E-state index in [0.717, 1.165) is 9.80 Å². The predicted molar refractivity (Wildman–Crippen MR) is 77.1 cm³/mol. The van der Waals surface area contributed by atoms with Crippen LogP contribution in [0.1, 0.15) is 0 Å². The molecule has 0 saturated carbocycles. The Morgan fingerprint density at radius 2 is 2.08 bits per heavy atom. The number of alkyl halides is 2. The van der Waals surface area contributed by atoms with Crippen LogP contribution >= 0.6 is 0 Å². The fourth-order valence-electron chi connectivity index (χ4n) is 2.49. The molecule has 0 aliphatic carbocycles. The van der Waals surface area contributed by atoms with Crippen LogP contribution in [0.3, 0.4) is 0 Å². The number of carbonyl (C=O) groups excluding carboxylic acids is 3. The standard InChI is InChI=1S/C14H13F2N3O5/c1-17-11(20)10-6-19(13(22)23-10)7-3-4-8-9(5-7)24-14(15,16)12(21)18(8)2/h3-5,10H,6H2,1-2H3,(H,17,20).